The Morgan fingerprint density at radius 1 is 0.960 bits per heavy atom. The monoisotopic (exact) mass is 349 g/mol. The largest absolute Gasteiger partial charge is 0.306 e. The van der Waals surface area contributed by atoms with Gasteiger partial charge in [0.15, 0.2) is 0 Å². The minimum Gasteiger partial charge on any atom is -0.306 e. The predicted molar refractivity (Wildman–Crippen MR) is 109 cm³/mol. The highest BCUT2D eigenvalue weighted by molar-refractivity contribution is 8.01. The number of fused-ring (bicyclic) bond motifs is 1. The van der Waals surface area contributed by atoms with Crippen LogP contribution in [0.5, 0.6) is 0 Å². The molecule has 1 saturated heterocycles. The predicted octanol–water partition coefficient (Wildman–Crippen LogP) is 5.80. The van der Waals surface area contributed by atoms with Crippen LogP contribution in [0.1, 0.15) is 42.0 Å². The molecule has 0 saturated carbocycles. The number of likely N-dealkylation sites (tertiary alicyclic amines) is 1. The van der Waals surface area contributed by atoms with Crippen molar-refractivity contribution in [1.82, 2.24) is 4.90 Å². The van der Waals surface area contributed by atoms with E-state index in [-0.39, 0.29) is 4.75 Å². The van der Waals surface area contributed by atoms with Crippen LogP contribution in [0.15, 0.2) is 52.9 Å². The molecule has 2 aromatic carbocycles. The van der Waals surface area contributed by atoms with Gasteiger partial charge in [-0.05, 0) is 63.4 Å². The molecule has 1 atom stereocenters. The zero-order valence-electron chi connectivity index (χ0n) is 15.7. The van der Waals surface area contributed by atoms with Gasteiger partial charge in [0.05, 0.1) is 4.75 Å². The molecule has 2 aliphatic rings. The minimum atomic E-state index is 0.0212. The second-order valence-corrected chi connectivity index (χ2v) is 9.25. The average Bonchev–Trinajstić information content (AvgIpc) is 2.88. The van der Waals surface area contributed by atoms with Crippen molar-refractivity contribution >= 4 is 17.3 Å². The van der Waals surface area contributed by atoms with Crippen molar-refractivity contribution < 1.29 is 0 Å². The fourth-order valence-electron chi connectivity index (χ4n) is 4.27. The Labute approximate surface area is 156 Å². The molecule has 130 valence electrons. The molecule has 1 unspecified atom stereocenters. The highest BCUT2D eigenvalue weighted by Crippen LogP contribution is 2.60. The molecule has 0 spiro atoms. The van der Waals surface area contributed by atoms with Crippen LogP contribution in [0.2, 0.25) is 0 Å². The van der Waals surface area contributed by atoms with Crippen LogP contribution in [0, 0.1) is 13.8 Å². The van der Waals surface area contributed by atoms with Crippen LogP contribution < -0.4 is 0 Å². The van der Waals surface area contributed by atoms with Gasteiger partial charge in [-0.1, -0.05) is 53.1 Å². The molecule has 2 aromatic rings. The van der Waals surface area contributed by atoms with Gasteiger partial charge in [-0.3, -0.25) is 0 Å². The molecule has 0 bridgehead atoms. The van der Waals surface area contributed by atoms with E-state index in [1.807, 2.05) is 11.8 Å². The number of benzene rings is 2. The summed E-state index contributed by atoms with van der Waals surface area (Å²) in [5, 5.41) is 0. The van der Waals surface area contributed by atoms with Crippen molar-refractivity contribution in [3.05, 3.63) is 70.3 Å². The summed E-state index contributed by atoms with van der Waals surface area (Å²) in [7, 11) is 2.24. The van der Waals surface area contributed by atoms with Crippen LogP contribution >= 0.6 is 11.8 Å². The van der Waals surface area contributed by atoms with E-state index < -0.39 is 0 Å². The van der Waals surface area contributed by atoms with E-state index in [1.54, 1.807) is 11.1 Å². The molecule has 0 amide bonds. The maximum Gasteiger partial charge on any atom is 0.0682 e. The first-order valence-electron chi connectivity index (χ1n) is 9.25. The van der Waals surface area contributed by atoms with Gasteiger partial charge in [0.25, 0.3) is 0 Å². The number of thioether (sulfide) groups is 1. The smallest absolute Gasteiger partial charge is 0.0682 e. The third kappa shape index (κ3) is 2.96. The zero-order chi connectivity index (χ0) is 17.6. The Morgan fingerprint density at radius 2 is 1.68 bits per heavy atom. The van der Waals surface area contributed by atoms with Crippen molar-refractivity contribution in [3.8, 4) is 0 Å². The Balaban J connectivity index is 1.91. The summed E-state index contributed by atoms with van der Waals surface area (Å²) in [6.45, 7) is 9.20. The minimum absolute atomic E-state index is 0.0212. The van der Waals surface area contributed by atoms with Gasteiger partial charge in [-0.15, -0.1) is 11.8 Å². The topological polar surface area (TPSA) is 3.24 Å². The maximum atomic E-state index is 2.45. The number of hydrogen-bond donors (Lipinski definition) is 0. The molecule has 0 aliphatic carbocycles. The Morgan fingerprint density at radius 3 is 2.40 bits per heavy atom. The highest BCUT2D eigenvalue weighted by Gasteiger charge is 2.42. The normalized spacial score (nSPS) is 23.8. The van der Waals surface area contributed by atoms with E-state index >= 15 is 0 Å². The molecule has 0 radical (unpaired) electrons. The van der Waals surface area contributed by atoms with Crippen molar-refractivity contribution in [2.24, 2.45) is 0 Å². The molecule has 2 heteroatoms. The van der Waals surface area contributed by atoms with E-state index in [2.05, 4.69) is 75.2 Å². The summed E-state index contributed by atoms with van der Waals surface area (Å²) in [4.78, 5) is 3.89. The standard InChI is InChI=1S/C23H27NS/c1-16-6-5-7-19(14-16)23(3)22(18-10-12-24(4)13-11-18)20-15-17(2)8-9-21(20)25-23/h5-9,14-15H,10-13H2,1-4H3. The second-order valence-electron chi connectivity index (χ2n) is 7.79. The van der Waals surface area contributed by atoms with E-state index in [0.29, 0.717) is 0 Å². The van der Waals surface area contributed by atoms with E-state index in [4.69, 9.17) is 0 Å². The Bertz CT molecular complexity index is 841. The average molecular weight is 350 g/mol. The lowest BCUT2D eigenvalue weighted by Gasteiger charge is -2.32. The summed E-state index contributed by atoms with van der Waals surface area (Å²) in [6.07, 6.45) is 2.39. The molecular weight excluding hydrogens is 322 g/mol. The number of hydrogen-bond acceptors (Lipinski definition) is 2. The van der Waals surface area contributed by atoms with Crippen LogP contribution in [0.3, 0.4) is 0 Å². The lowest BCUT2D eigenvalue weighted by Crippen LogP contribution is -2.28. The number of nitrogens with zero attached hydrogens (tertiary/aromatic N) is 1. The van der Waals surface area contributed by atoms with E-state index in [1.165, 1.54) is 53.1 Å². The molecule has 4 rings (SSSR count). The first-order chi connectivity index (χ1) is 12.0. The van der Waals surface area contributed by atoms with Crippen LogP contribution in [0.25, 0.3) is 5.57 Å². The third-order valence-corrected chi connectivity index (χ3v) is 7.13. The Kier molecular flexibility index (Phi) is 4.29. The van der Waals surface area contributed by atoms with E-state index in [9.17, 15) is 0 Å². The molecule has 0 aromatic heterocycles. The van der Waals surface area contributed by atoms with Crippen molar-refractivity contribution in [3.63, 3.8) is 0 Å². The van der Waals surface area contributed by atoms with E-state index in [0.717, 1.165) is 0 Å². The quantitative estimate of drug-likeness (QED) is 0.640. The lowest BCUT2D eigenvalue weighted by molar-refractivity contribution is 0.312. The summed E-state index contributed by atoms with van der Waals surface area (Å²) in [5.74, 6) is 0. The summed E-state index contributed by atoms with van der Waals surface area (Å²) >= 11 is 2.04. The van der Waals surface area contributed by atoms with Gasteiger partial charge in [0.2, 0.25) is 0 Å². The molecule has 0 N–H and O–H groups in total. The van der Waals surface area contributed by atoms with Gasteiger partial charge >= 0.3 is 0 Å². The van der Waals surface area contributed by atoms with Gasteiger partial charge in [0, 0.05) is 18.0 Å². The van der Waals surface area contributed by atoms with Crippen LogP contribution in [-0.2, 0) is 4.75 Å². The maximum absolute atomic E-state index is 2.45. The first kappa shape index (κ1) is 16.9. The second kappa shape index (κ2) is 6.34. The van der Waals surface area contributed by atoms with Gasteiger partial charge in [-0.25, -0.2) is 0 Å². The number of piperidine rings is 1. The highest BCUT2D eigenvalue weighted by atomic mass is 32.2. The molecule has 25 heavy (non-hydrogen) atoms. The van der Waals surface area contributed by atoms with Crippen molar-refractivity contribution in [2.45, 2.75) is 43.3 Å². The Hall–Kier alpha value is -1.51. The number of rotatable bonds is 1. The third-order valence-electron chi connectivity index (χ3n) is 5.71. The van der Waals surface area contributed by atoms with Crippen LogP contribution in [0.4, 0.5) is 0 Å². The first-order valence-corrected chi connectivity index (χ1v) is 10.1. The summed E-state index contributed by atoms with van der Waals surface area (Å²) < 4.78 is 0.0212. The molecule has 1 nitrogen and oxygen atoms in total. The molecular formula is C23H27NS. The SMILES string of the molecule is Cc1cccc(C2(C)Sc3ccc(C)cc3C2=C2CCN(C)CC2)c1. The summed E-state index contributed by atoms with van der Waals surface area (Å²) in [6, 6.07) is 16.1. The zero-order valence-corrected chi connectivity index (χ0v) is 16.5. The fraction of sp³-hybridized carbons (Fsp3) is 0.391. The number of aryl methyl sites for hydroxylation is 2. The lowest BCUT2D eigenvalue weighted by atomic mass is 9.81. The van der Waals surface area contributed by atoms with Crippen molar-refractivity contribution in [2.75, 3.05) is 20.1 Å². The van der Waals surface area contributed by atoms with Gasteiger partial charge in [-0.2, -0.15) is 0 Å². The fourth-order valence-corrected chi connectivity index (χ4v) is 5.72. The molecule has 2 aliphatic heterocycles. The summed E-state index contributed by atoms with van der Waals surface area (Å²) in [5.41, 5.74) is 8.88. The van der Waals surface area contributed by atoms with Gasteiger partial charge in [0.1, 0.15) is 0 Å². The molecule has 1 fully saturated rings. The molecule has 2 heterocycles. The van der Waals surface area contributed by atoms with Gasteiger partial charge < -0.3 is 4.90 Å². The van der Waals surface area contributed by atoms with Crippen molar-refractivity contribution in [1.29, 1.82) is 0 Å². The van der Waals surface area contributed by atoms with Crippen LogP contribution in [-0.4, -0.2) is 25.0 Å².